The van der Waals surface area contributed by atoms with Crippen LogP contribution in [0.5, 0.6) is 5.75 Å². The molecule has 3 aromatic rings. The van der Waals surface area contributed by atoms with Crippen molar-refractivity contribution in [2.24, 2.45) is 5.41 Å². The maximum atomic E-state index is 14.6. The summed E-state index contributed by atoms with van der Waals surface area (Å²) in [4.78, 5) is 14.8. The second kappa shape index (κ2) is 14.7. The van der Waals surface area contributed by atoms with E-state index in [1.807, 2.05) is 6.07 Å². The molecule has 0 radical (unpaired) electrons. The third-order valence-corrected chi connectivity index (χ3v) is 11.0. The predicted octanol–water partition coefficient (Wildman–Crippen LogP) is 7.41. The first-order valence-corrected chi connectivity index (χ1v) is 17.2. The highest BCUT2D eigenvalue weighted by Gasteiger charge is 2.42. The highest BCUT2D eigenvalue weighted by Crippen LogP contribution is 2.42. The molecule has 1 aromatic heterocycles. The normalized spacial score (nSPS) is 20.8. The first kappa shape index (κ1) is 35.2. The summed E-state index contributed by atoms with van der Waals surface area (Å²) >= 11 is 1.17. The summed E-state index contributed by atoms with van der Waals surface area (Å²) in [6, 6.07) is 7.72. The Bertz CT molecular complexity index is 1710. The fourth-order valence-corrected chi connectivity index (χ4v) is 8.24. The van der Waals surface area contributed by atoms with E-state index >= 15 is 0 Å². The zero-order valence-corrected chi connectivity index (χ0v) is 27.8. The molecule has 0 bridgehead atoms. The number of likely N-dealkylation sites (tertiary alicyclic amines) is 1. The number of fused-ring (bicyclic) bond motifs is 1. The zero-order valence-electron chi connectivity index (χ0n) is 27.0. The smallest absolute Gasteiger partial charge is 0.393 e. The Morgan fingerprint density at radius 2 is 1.86 bits per heavy atom. The summed E-state index contributed by atoms with van der Waals surface area (Å²) in [6.07, 6.45) is 0.786. The van der Waals surface area contributed by atoms with Crippen molar-refractivity contribution >= 4 is 38.7 Å². The van der Waals surface area contributed by atoms with Gasteiger partial charge in [-0.15, -0.1) is 11.3 Å². The minimum absolute atomic E-state index is 0.0646. The number of nitrogens with zero attached hydrogens (tertiary/aromatic N) is 1. The highest BCUT2D eigenvalue weighted by molar-refractivity contribution is 7.20. The first-order chi connectivity index (χ1) is 23.4. The third-order valence-electron chi connectivity index (χ3n) is 9.77. The molecule has 0 atom stereocenters. The number of thiophene rings is 1. The van der Waals surface area contributed by atoms with E-state index in [-0.39, 0.29) is 28.7 Å². The van der Waals surface area contributed by atoms with Crippen LogP contribution in [-0.2, 0) is 11.2 Å². The molecule has 1 amide bonds. The van der Waals surface area contributed by atoms with E-state index in [1.54, 1.807) is 12.1 Å². The molecule has 2 aliphatic heterocycles. The number of hydrogen-bond donors (Lipinski definition) is 3. The third kappa shape index (κ3) is 8.22. The van der Waals surface area contributed by atoms with Gasteiger partial charge in [-0.25, -0.2) is 4.39 Å². The average Bonchev–Trinajstić information content (AvgIpc) is 3.39. The van der Waals surface area contributed by atoms with Gasteiger partial charge >= 0.3 is 12.8 Å². The number of halogens is 6. The van der Waals surface area contributed by atoms with Crippen LogP contribution in [0.15, 0.2) is 30.3 Å². The SMILES string of the molecule is CNC(=O)c1cc(OC(F)F)c(NCC#Cc2sc3c(NC4CCC(N5CCC6(CC5)COC6)CC4)cccc3c2CC(F)(F)F)cc1F. The summed E-state index contributed by atoms with van der Waals surface area (Å²) in [7, 11) is 1.26. The number of carbonyl (C=O) groups is 1. The summed E-state index contributed by atoms with van der Waals surface area (Å²) in [5, 5.41) is 8.97. The van der Waals surface area contributed by atoms with Gasteiger partial charge in [0.15, 0.2) is 0 Å². The lowest BCUT2D eigenvalue weighted by atomic mass is 9.76. The molecule has 7 nitrogen and oxygen atoms in total. The number of amides is 1. The van der Waals surface area contributed by atoms with Crippen LogP contribution in [-0.4, -0.2) is 75.6 Å². The molecule has 3 heterocycles. The van der Waals surface area contributed by atoms with E-state index in [2.05, 4.69) is 37.4 Å². The topological polar surface area (TPSA) is 74.9 Å². The second-order valence-electron chi connectivity index (χ2n) is 13.0. The van der Waals surface area contributed by atoms with Crippen molar-refractivity contribution in [1.29, 1.82) is 0 Å². The number of ether oxygens (including phenoxy) is 2. The van der Waals surface area contributed by atoms with Crippen molar-refractivity contribution < 1.29 is 40.6 Å². The Balaban J connectivity index is 1.16. The van der Waals surface area contributed by atoms with E-state index in [0.29, 0.717) is 21.5 Å². The first-order valence-electron chi connectivity index (χ1n) is 16.4. The number of piperidine rings is 1. The second-order valence-corrected chi connectivity index (χ2v) is 14.0. The van der Waals surface area contributed by atoms with Gasteiger partial charge in [-0.3, -0.25) is 4.79 Å². The number of benzene rings is 2. The summed E-state index contributed by atoms with van der Waals surface area (Å²) in [6.45, 7) is 0.509. The molecule has 6 rings (SSSR count). The van der Waals surface area contributed by atoms with Crippen LogP contribution in [0.25, 0.3) is 10.1 Å². The van der Waals surface area contributed by atoms with Gasteiger partial charge < -0.3 is 30.3 Å². The highest BCUT2D eigenvalue weighted by atomic mass is 32.1. The lowest BCUT2D eigenvalue weighted by molar-refractivity contribution is -0.143. The van der Waals surface area contributed by atoms with Gasteiger partial charge in [0.05, 0.1) is 52.7 Å². The van der Waals surface area contributed by atoms with Crippen molar-refractivity contribution in [3.05, 3.63) is 52.2 Å². The quantitative estimate of drug-likeness (QED) is 0.159. The number of anilines is 2. The van der Waals surface area contributed by atoms with Crippen LogP contribution >= 0.6 is 11.3 Å². The molecular formula is C35H38F6N4O3S. The van der Waals surface area contributed by atoms with Crippen molar-refractivity contribution in [2.45, 2.75) is 69.8 Å². The number of rotatable bonds is 9. The Morgan fingerprint density at radius 1 is 1.12 bits per heavy atom. The van der Waals surface area contributed by atoms with Gasteiger partial charge in [-0.2, -0.15) is 22.0 Å². The number of carbonyl (C=O) groups excluding carboxylic acids is 1. The number of hydrogen-bond acceptors (Lipinski definition) is 7. The van der Waals surface area contributed by atoms with E-state index in [1.165, 1.54) is 31.2 Å². The maximum Gasteiger partial charge on any atom is 0.393 e. The Kier molecular flexibility index (Phi) is 10.5. The fraction of sp³-hybridized carbons (Fsp3) is 0.514. The van der Waals surface area contributed by atoms with Crippen LogP contribution in [0.2, 0.25) is 0 Å². The molecule has 0 unspecified atom stereocenters. The van der Waals surface area contributed by atoms with Gasteiger partial charge in [0, 0.05) is 30.6 Å². The lowest BCUT2D eigenvalue weighted by Crippen LogP contribution is -2.53. The molecule has 1 spiro atoms. The number of alkyl halides is 5. The molecule has 3 N–H and O–H groups in total. The van der Waals surface area contributed by atoms with Crippen LogP contribution in [0.3, 0.4) is 0 Å². The summed E-state index contributed by atoms with van der Waals surface area (Å²) in [5.74, 6) is 3.26. The largest absolute Gasteiger partial charge is 0.433 e. The Hall–Kier alpha value is -3.67. The van der Waals surface area contributed by atoms with Crippen molar-refractivity contribution in [3.63, 3.8) is 0 Å². The van der Waals surface area contributed by atoms with Crippen molar-refractivity contribution in [1.82, 2.24) is 10.2 Å². The van der Waals surface area contributed by atoms with E-state index < -0.39 is 42.2 Å². The van der Waals surface area contributed by atoms with Gasteiger partial charge in [0.25, 0.3) is 5.91 Å². The van der Waals surface area contributed by atoms with Crippen LogP contribution in [0, 0.1) is 23.1 Å². The number of nitrogens with one attached hydrogen (secondary N) is 3. The molecule has 2 saturated heterocycles. The van der Waals surface area contributed by atoms with Crippen LogP contribution in [0.1, 0.15) is 59.3 Å². The summed E-state index contributed by atoms with van der Waals surface area (Å²) < 4.78 is 92.5. The minimum Gasteiger partial charge on any atom is -0.433 e. The van der Waals surface area contributed by atoms with Gasteiger partial charge in [-0.05, 0) is 74.7 Å². The Morgan fingerprint density at radius 3 is 2.49 bits per heavy atom. The molecule has 49 heavy (non-hydrogen) atoms. The molecule has 3 aliphatic rings. The maximum absolute atomic E-state index is 14.6. The van der Waals surface area contributed by atoms with Gasteiger partial charge in [0.2, 0.25) is 0 Å². The molecule has 2 aromatic carbocycles. The van der Waals surface area contributed by atoms with E-state index in [0.717, 1.165) is 69.8 Å². The molecule has 3 fully saturated rings. The van der Waals surface area contributed by atoms with Gasteiger partial charge in [-0.1, -0.05) is 24.0 Å². The lowest BCUT2D eigenvalue weighted by Gasteiger charge is -2.49. The van der Waals surface area contributed by atoms with Crippen molar-refractivity contribution in [2.75, 3.05) is 50.5 Å². The molecule has 14 heteroatoms. The molecule has 1 saturated carbocycles. The molecule has 1 aliphatic carbocycles. The fourth-order valence-electron chi connectivity index (χ4n) is 7.07. The van der Waals surface area contributed by atoms with Crippen LogP contribution < -0.4 is 20.7 Å². The predicted molar refractivity (Wildman–Crippen MR) is 177 cm³/mol. The van der Waals surface area contributed by atoms with E-state index in [9.17, 15) is 31.1 Å². The Labute approximate surface area is 284 Å². The van der Waals surface area contributed by atoms with E-state index in [4.69, 9.17) is 4.74 Å². The van der Waals surface area contributed by atoms with Crippen LogP contribution in [0.4, 0.5) is 37.7 Å². The average molecular weight is 709 g/mol. The monoisotopic (exact) mass is 708 g/mol. The van der Waals surface area contributed by atoms with Gasteiger partial charge in [0.1, 0.15) is 11.6 Å². The molecule has 264 valence electrons. The standard InChI is InChI=1S/C35H38F6N4O3S/c1-42-32(46)24-16-29(48-33(37)38)28(17-26(24)36)43-13-3-6-30-25(18-35(39,40)41)23-4-2-5-27(31(23)49-30)44-21-7-9-22(10-8-21)45-14-11-34(12-15-45)19-47-20-34/h2,4-5,16-17,21-22,33,43-44H,7-15,18-20H2,1H3,(H,42,46). The summed E-state index contributed by atoms with van der Waals surface area (Å²) in [5.41, 5.74) is 0.550. The zero-order chi connectivity index (χ0) is 34.8. The van der Waals surface area contributed by atoms with Crippen molar-refractivity contribution in [3.8, 4) is 17.6 Å². The minimum atomic E-state index is -4.48. The molecular weight excluding hydrogens is 670 g/mol.